The largest absolute Gasteiger partial charge is 0.481 e. The summed E-state index contributed by atoms with van der Waals surface area (Å²) in [7, 11) is 0. The Morgan fingerprint density at radius 2 is 1.95 bits per heavy atom. The molecule has 1 aromatic carbocycles. The van der Waals surface area contributed by atoms with Crippen LogP contribution < -0.4 is 5.32 Å². The molecule has 0 spiro atoms. The van der Waals surface area contributed by atoms with Gasteiger partial charge in [0.1, 0.15) is 5.82 Å². The molecule has 0 aliphatic heterocycles. The Morgan fingerprint density at radius 3 is 2.57 bits per heavy atom. The molecule has 1 aliphatic carbocycles. The van der Waals surface area contributed by atoms with E-state index >= 15 is 0 Å². The Kier molecular flexibility index (Phi) is 4.98. The fraction of sp³-hybridized carbons (Fsp3) is 0.467. The summed E-state index contributed by atoms with van der Waals surface area (Å²) in [6.07, 6.45) is 3.79. The van der Waals surface area contributed by atoms with Crippen LogP contribution in [0.15, 0.2) is 22.7 Å². The van der Waals surface area contributed by atoms with Gasteiger partial charge in [-0.25, -0.2) is 4.39 Å². The lowest BCUT2D eigenvalue weighted by Gasteiger charge is -2.33. The van der Waals surface area contributed by atoms with E-state index < -0.39 is 23.1 Å². The molecule has 0 atom stereocenters. The Labute approximate surface area is 130 Å². The minimum Gasteiger partial charge on any atom is -0.481 e. The van der Waals surface area contributed by atoms with Gasteiger partial charge in [-0.05, 0) is 40.9 Å². The van der Waals surface area contributed by atoms with E-state index in [0.29, 0.717) is 12.8 Å². The number of carbonyl (C=O) groups excluding carboxylic acids is 1. The molecule has 114 valence electrons. The molecule has 2 N–H and O–H groups in total. The van der Waals surface area contributed by atoms with Crippen LogP contribution in [-0.2, 0) is 4.79 Å². The third-order valence-corrected chi connectivity index (χ3v) is 4.66. The molecule has 21 heavy (non-hydrogen) atoms. The fourth-order valence-corrected chi connectivity index (χ4v) is 3.08. The summed E-state index contributed by atoms with van der Waals surface area (Å²) in [4.78, 5) is 23.6. The highest BCUT2D eigenvalue weighted by atomic mass is 79.9. The van der Waals surface area contributed by atoms with Crippen LogP contribution in [0.25, 0.3) is 0 Å². The highest BCUT2D eigenvalue weighted by molar-refractivity contribution is 9.10. The number of amides is 1. The molecule has 1 aromatic rings. The van der Waals surface area contributed by atoms with Gasteiger partial charge in [-0.3, -0.25) is 9.59 Å². The van der Waals surface area contributed by atoms with E-state index in [4.69, 9.17) is 0 Å². The molecule has 0 radical (unpaired) electrons. The number of carboxylic acid groups (broad SMARTS) is 1. The van der Waals surface area contributed by atoms with Gasteiger partial charge >= 0.3 is 5.97 Å². The summed E-state index contributed by atoms with van der Waals surface area (Å²) < 4.78 is 14.1. The van der Waals surface area contributed by atoms with Crippen LogP contribution in [-0.4, -0.2) is 23.5 Å². The van der Waals surface area contributed by atoms with Gasteiger partial charge in [0, 0.05) is 6.54 Å². The number of rotatable bonds is 4. The van der Waals surface area contributed by atoms with Crippen LogP contribution >= 0.6 is 15.9 Å². The molecule has 1 aliphatic rings. The Balaban J connectivity index is 2.09. The molecule has 1 fully saturated rings. The molecule has 0 aromatic heterocycles. The molecule has 1 amide bonds. The second kappa shape index (κ2) is 6.56. The lowest BCUT2D eigenvalue weighted by molar-refractivity contribution is -0.150. The Bertz CT molecular complexity index is 556. The van der Waals surface area contributed by atoms with Gasteiger partial charge in [-0.15, -0.1) is 0 Å². The summed E-state index contributed by atoms with van der Waals surface area (Å²) in [5.74, 6) is -2.11. The summed E-state index contributed by atoms with van der Waals surface area (Å²) in [6, 6.07) is 4.45. The number of aliphatic carboxylic acids is 1. The third kappa shape index (κ3) is 3.43. The van der Waals surface area contributed by atoms with Crippen molar-refractivity contribution in [3.63, 3.8) is 0 Å². The lowest BCUT2D eigenvalue weighted by Crippen LogP contribution is -2.44. The maximum Gasteiger partial charge on any atom is 0.311 e. The number of carbonyl (C=O) groups is 2. The molecule has 0 heterocycles. The number of carboxylic acids is 1. The first-order valence-electron chi connectivity index (χ1n) is 6.92. The van der Waals surface area contributed by atoms with E-state index in [0.717, 1.165) is 19.3 Å². The number of hydrogen-bond donors (Lipinski definition) is 2. The molecule has 6 heteroatoms. The minimum absolute atomic E-state index is 0.0348. The predicted molar refractivity (Wildman–Crippen MR) is 79.6 cm³/mol. The van der Waals surface area contributed by atoms with E-state index in [1.54, 1.807) is 6.07 Å². The molecular weight excluding hydrogens is 341 g/mol. The standard InChI is InChI=1S/C15H17BrFNO3/c16-11-6-4-5-10(12(11)17)13(19)18-9-15(14(20)21)7-2-1-3-8-15/h4-6H,1-3,7-9H2,(H,18,19)(H,20,21). The van der Waals surface area contributed by atoms with Gasteiger partial charge in [0.05, 0.1) is 15.5 Å². The zero-order valence-corrected chi connectivity index (χ0v) is 13.1. The van der Waals surface area contributed by atoms with Crippen LogP contribution in [0.2, 0.25) is 0 Å². The van der Waals surface area contributed by atoms with Gasteiger partial charge in [0.25, 0.3) is 5.91 Å². The predicted octanol–water partition coefficient (Wildman–Crippen LogP) is 3.35. The zero-order chi connectivity index (χ0) is 15.5. The van der Waals surface area contributed by atoms with Crippen LogP contribution in [0.3, 0.4) is 0 Å². The SMILES string of the molecule is O=C(NCC1(C(=O)O)CCCCC1)c1cccc(Br)c1F. The third-order valence-electron chi connectivity index (χ3n) is 4.05. The van der Waals surface area contributed by atoms with Gasteiger partial charge in [-0.1, -0.05) is 25.3 Å². The van der Waals surface area contributed by atoms with Crippen molar-refractivity contribution in [2.75, 3.05) is 6.54 Å². The molecular formula is C15H17BrFNO3. The monoisotopic (exact) mass is 357 g/mol. The topological polar surface area (TPSA) is 66.4 Å². The van der Waals surface area contributed by atoms with Crippen molar-refractivity contribution in [1.82, 2.24) is 5.32 Å². The normalized spacial score (nSPS) is 17.2. The first-order valence-corrected chi connectivity index (χ1v) is 7.71. The van der Waals surface area contributed by atoms with Crippen molar-refractivity contribution in [2.45, 2.75) is 32.1 Å². The quantitative estimate of drug-likeness (QED) is 0.868. The lowest BCUT2D eigenvalue weighted by atomic mass is 9.74. The van der Waals surface area contributed by atoms with Crippen molar-refractivity contribution in [3.8, 4) is 0 Å². The maximum absolute atomic E-state index is 13.8. The molecule has 0 unspecified atom stereocenters. The maximum atomic E-state index is 13.8. The first kappa shape index (κ1) is 15.9. The van der Waals surface area contributed by atoms with Crippen molar-refractivity contribution in [3.05, 3.63) is 34.1 Å². The van der Waals surface area contributed by atoms with Gasteiger partial charge in [0.15, 0.2) is 0 Å². The second-order valence-electron chi connectivity index (χ2n) is 5.43. The van der Waals surface area contributed by atoms with E-state index in [1.165, 1.54) is 12.1 Å². The van der Waals surface area contributed by atoms with E-state index in [1.807, 2.05) is 0 Å². The number of halogens is 2. The molecule has 2 rings (SSSR count). The smallest absolute Gasteiger partial charge is 0.311 e. The van der Waals surface area contributed by atoms with Crippen LogP contribution in [0.4, 0.5) is 4.39 Å². The highest BCUT2D eigenvalue weighted by Gasteiger charge is 2.39. The van der Waals surface area contributed by atoms with Crippen LogP contribution in [0, 0.1) is 11.2 Å². The Hall–Kier alpha value is -1.43. The van der Waals surface area contributed by atoms with Gasteiger partial charge in [0.2, 0.25) is 0 Å². The zero-order valence-electron chi connectivity index (χ0n) is 11.5. The first-order chi connectivity index (χ1) is 9.96. The average Bonchev–Trinajstić information content (AvgIpc) is 2.48. The number of benzene rings is 1. The van der Waals surface area contributed by atoms with Crippen molar-refractivity contribution >= 4 is 27.8 Å². The average molecular weight is 358 g/mol. The van der Waals surface area contributed by atoms with Crippen LogP contribution in [0.1, 0.15) is 42.5 Å². The minimum atomic E-state index is -0.920. The van der Waals surface area contributed by atoms with Crippen molar-refractivity contribution in [1.29, 1.82) is 0 Å². The van der Waals surface area contributed by atoms with Crippen molar-refractivity contribution in [2.24, 2.45) is 5.41 Å². The summed E-state index contributed by atoms with van der Waals surface area (Å²) >= 11 is 3.03. The van der Waals surface area contributed by atoms with E-state index in [9.17, 15) is 19.1 Å². The summed E-state index contributed by atoms with van der Waals surface area (Å²) in [5.41, 5.74) is -1.00. The number of hydrogen-bond acceptors (Lipinski definition) is 2. The van der Waals surface area contributed by atoms with Gasteiger partial charge < -0.3 is 10.4 Å². The van der Waals surface area contributed by atoms with Crippen molar-refractivity contribution < 1.29 is 19.1 Å². The molecule has 0 bridgehead atoms. The van der Waals surface area contributed by atoms with Gasteiger partial charge in [-0.2, -0.15) is 0 Å². The van der Waals surface area contributed by atoms with E-state index in [-0.39, 0.29) is 16.6 Å². The summed E-state index contributed by atoms with van der Waals surface area (Å²) in [6.45, 7) is 0.0348. The molecule has 4 nitrogen and oxygen atoms in total. The summed E-state index contributed by atoms with van der Waals surface area (Å²) in [5, 5.41) is 12.0. The Morgan fingerprint density at radius 1 is 1.29 bits per heavy atom. The molecule has 1 saturated carbocycles. The highest BCUT2D eigenvalue weighted by Crippen LogP contribution is 2.36. The van der Waals surface area contributed by atoms with E-state index in [2.05, 4.69) is 21.2 Å². The molecule has 0 saturated heterocycles. The second-order valence-corrected chi connectivity index (χ2v) is 6.28. The fourth-order valence-electron chi connectivity index (χ4n) is 2.72. The number of nitrogens with one attached hydrogen (secondary N) is 1. The van der Waals surface area contributed by atoms with Crippen LogP contribution in [0.5, 0.6) is 0 Å².